The molecule has 0 fully saturated rings. The van der Waals surface area contributed by atoms with Crippen LogP contribution in [-0.4, -0.2) is 24.2 Å². The number of hydrogen-bond acceptors (Lipinski definition) is 2. The van der Waals surface area contributed by atoms with Gasteiger partial charge in [-0.3, -0.25) is 4.79 Å². The zero-order valence-electron chi connectivity index (χ0n) is 15.3. The molecule has 0 heterocycles. The molecule has 0 bridgehead atoms. The first-order valence-electron chi connectivity index (χ1n) is 9.83. The van der Waals surface area contributed by atoms with Gasteiger partial charge in [0.1, 0.15) is 0 Å². The highest BCUT2D eigenvalue weighted by Gasteiger charge is 1.99. The Morgan fingerprint density at radius 2 is 1.35 bits per heavy atom. The van der Waals surface area contributed by atoms with Gasteiger partial charge in [-0.1, -0.05) is 70.4 Å². The standard InChI is InChI=1S/C20H39NO2/c1-2-3-4-5-6-7-8-9-10-11-12-13-14-15-16-17-20(23)21-18-19-22/h6-7,22H,2-5,8-19H2,1H3,(H,21,23)/b7-6+. The maximum absolute atomic E-state index is 11.3. The Morgan fingerprint density at radius 3 is 1.91 bits per heavy atom. The summed E-state index contributed by atoms with van der Waals surface area (Å²) in [7, 11) is 0. The number of allylic oxidation sites excluding steroid dienone is 2. The summed E-state index contributed by atoms with van der Waals surface area (Å²) >= 11 is 0. The summed E-state index contributed by atoms with van der Waals surface area (Å²) in [5, 5.41) is 11.3. The Kier molecular flexibility index (Phi) is 18.5. The molecule has 0 aliphatic heterocycles. The Morgan fingerprint density at radius 1 is 0.826 bits per heavy atom. The summed E-state index contributed by atoms with van der Waals surface area (Å²) in [6.07, 6.45) is 21.8. The summed E-state index contributed by atoms with van der Waals surface area (Å²) in [5.41, 5.74) is 0. The zero-order valence-corrected chi connectivity index (χ0v) is 15.3. The lowest BCUT2D eigenvalue weighted by Crippen LogP contribution is -2.25. The number of carbonyl (C=O) groups is 1. The van der Waals surface area contributed by atoms with Gasteiger partial charge >= 0.3 is 0 Å². The minimum atomic E-state index is 0.0282. The first-order valence-corrected chi connectivity index (χ1v) is 9.83. The number of aliphatic hydroxyl groups is 1. The monoisotopic (exact) mass is 325 g/mol. The van der Waals surface area contributed by atoms with Crippen LogP contribution in [0, 0.1) is 0 Å². The summed E-state index contributed by atoms with van der Waals surface area (Å²) in [5.74, 6) is 0.0711. The van der Waals surface area contributed by atoms with Crippen LogP contribution >= 0.6 is 0 Å². The van der Waals surface area contributed by atoms with Gasteiger partial charge in [-0.05, 0) is 32.1 Å². The second-order valence-electron chi connectivity index (χ2n) is 6.41. The molecule has 0 saturated heterocycles. The van der Waals surface area contributed by atoms with Crippen molar-refractivity contribution in [2.24, 2.45) is 0 Å². The van der Waals surface area contributed by atoms with Gasteiger partial charge in [0.2, 0.25) is 5.91 Å². The molecule has 3 nitrogen and oxygen atoms in total. The van der Waals surface area contributed by atoms with Crippen LogP contribution in [0.25, 0.3) is 0 Å². The third-order valence-corrected chi connectivity index (χ3v) is 4.10. The molecule has 0 aliphatic carbocycles. The maximum Gasteiger partial charge on any atom is 0.220 e. The first kappa shape index (κ1) is 22.2. The van der Waals surface area contributed by atoms with E-state index in [0.29, 0.717) is 13.0 Å². The van der Waals surface area contributed by atoms with Gasteiger partial charge in [0.05, 0.1) is 6.61 Å². The molecule has 2 N–H and O–H groups in total. The van der Waals surface area contributed by atoms with Crippen molar-refractivity contribution in [3.63, 3.8) is 0 Å². The van der Waals surface area contributed by atoms with E-state index in [4.69, 9.17) is 5.11 Å². The topological polar surface area (TPSA) is 49.3 Å². The van der Waals surface area contributed by atoms with Crippen LogP contribution in [0.3, 0.4) is 0 Å². The minimum Gasteiger partial charge on any atom is -0.395 e. The SMILES string of the molecule is CCCCC/C=C/CCCCCCCCCCC(=O)NCCO. The lowest BCUT2D eigenvalue weighted by atomic mass is 10.1. The van der Waals surface area contributed by atoms with Crippen molar-refractivity contribution in [3.05, 3.63) is 12.2 Å². The molecule has 0 radical (unpaired) electrons. The third-order valence-electron chi connectivity index (χ3n) is 4.10. The molecule has 23 heavy (non-hydrogen) atoms. The number of rotatable bonds is 17. The Labute approximate surface area is 143 Å². The van der Waals surface area contributed by atoms with Gasteiger partial charge in [0.15, 0.2) is 0 Å². The second-order valence-corrected chi connectivity index (χ2v) is 6.41. The number of carbonyl (C=O) groups excluding carboxylic acids is 1. The summed E-state index contributed by atoms with van der Waals surface area (Å²) in [4.78, 5) is 11.3. The lowest BCUT2D eigenvalue weighted by Gasteiger charge is -2.03. The van der Waals surface area contributed by atoms with Crippen LogP contribution in [0.4, 0.5) is 0 Å². The van der Waals surface area contributed by atoms with Crippen LogP contribution in [0.5, 0.6) is 0 Å². The highest BCUT2D eigenvalue weighted by Crippen LogP contribution is 2.11. The van der Waals surface area contributed by atoms with E-state index in [1.54, 1.807) is 0 Å². The molecule has 0 aromatic carbocycles. The molecular weight excluding hydrogens is 286 g/mol. The molecule has 136 valence electrons. The molecule has 3 heteroatoms. The van der Waals surface area contributed by atoms with Gasteiger partial charge in [-0.2, -0.15) is 0 Å². The van der Waals surface area contributed by atoms with Gasteiger partial charge in [-0.15, -0.1) is 0 Å². The number of amides is 1. The average molecular weight is 326 g/mol. The first-order chi connectivity index (χ1) is 11.3. The van der Waals surface area contributed by atoms with Crippen LogP contribution in [0.1, 0.15) is 96.8 Å². The van der Waals surface area contributed by atoms with Crippen molar-refractivity contribution < 1.29 is 9.90 Å². The zero-order chi connectivity index (χ0) is 17.0. The van der Waals surface area contributed by atoms with E-state index in [1.165, 1.54) is 70.6 Å². The molecule has 0 aliphatic rings. The van der Waals surface area contributed by atoms with Crippen LogP contribution in [0.2, 0.25) is 0 Å². The minimum absolute atomic E-state index is 0.0282. The number of hydrogen-bond donors (Lipinski definition) is 2. The Balaban J connectivity index is 3.12. The molecule has 0 unspecified atom stereocenters. The fourth-order valence-corrected chi connectivity index (χ4v) is 2.64. The maximum atomic E-state index is 11.3. The van der Waals surface area contributed by atoms with Gasteiger partial charge in [0.25, 0.3) is 0 Å². The summed E-state index contributed by atoms with van der Waals surface area (Å²) < 4.78 is 0. The second kappa shape index (κ2) is 19.2. The molecule has 0 rings (SSSR count). The highest BCUT2D eigenvalue weighted by molar-refractivity contribution is 5.75. The molecule has 0 aromatic rings. The largest absolute Gasteiger partial charge is 0.395 e. The molecule has 0 atom stereocenters. The highest BCUT2D eigenvalue weighted by atomic mass is 16.3. The van der Waals surface area contributed by atoms with Crippen molar-refractivity contribution in [2.45, 2.75) is 96.8 Å². The van der Waals surface area contributed by atoms with E-state index < -0.39 is 0 Å². The van der Waals surface area contributed by atoms with E-state index >= 15 is 0 Å². The third kappa shape index (κ3) is 19.1. The lowest BCUT2D eigenvalue weighted by molar-refractivity contribution is -0.121. The van der Waals surface area contributed by atoms with Gasteiger partial charge in [0, 0.05) is 13.0 Å². The van der Waals surface area contributed by atoms with Crippen LogP contribution in [0.15, 0.2) is 12.2 Å². The van der Waals surface area contributed by atoms with Crippen molar-refractivity contribution in [3.8, 4) is 0 Å². The normalized spacial score (nSPS) is 11.2. The number of nitrogens with one attached hydrogen (secondary N) is 1. The fourth-order valence-electron chi connectivity index (χ4n) is 2.64. The summed E-state index contributed by atoms with van der Waals surface area (Å²) in [6.45, 7) is 2.66. The Bertz CT molecular complexity index is 277. The molecular formula is C20H39NO2. The van der Waals surface area contributed by atoms with E-state index in [0.717, 1.165) is 12.8 Å². The predicted octanol–water partition coefficient (Wildman–Crippen LogP) is 5.13. The molecule has 0 spiro atoms. The molecule has 1 amide bonds. The summed E-state index contributed by atoms with van der Waals surface area (Å²) in [6, 6.07) is 0. The smallest absolute Gasteiger partial charge is 0.220 e. The Hall–Kier alpha value is -0.830. The van der Waals surface area contributed by atoms with Crippen molar-refractivity contribution in [1.82, 2.24) is 5.32 Å². The van der Waals surface area contributed by atoms with Gasteiger partial charge in [-0.25, -0.2) is 0 Å². The van der Waals surface area contributed by atoms with E-state index in [9.17, 15) is 4.79 Å². The predicted molar refractivity (Wildman–Crippen MR) is 99.5 cm³/mol. The quantitative estimate of drug-likeness (QED) is 0.287. The van der Waals surface area contributed by atoms with Gasteiger partial charge < -0.3 is 10.4 Å². The van der Waals surface area contributed by atoms with E-state index in [2.05, 4.69) is 24.4 Å². The van der Waals surface area contributed by atoms with Crippen molar-refractivity contribution in [2.75, 3.05) is 13.2 Å². The fraction of sp³-hybridized carbons (Fsp3) is 0.850. The molecule has 0 saturated carbocycles. The van der Waals surface area contributed by atoms with E-state index in [-0.39, 0.29) is 12.5 Å². The van der Waals surface area contributed by atoms with Crippen LogP contribution in [-0.2, 0) is 4.79 Å². The number of unbranched alkanes of at least 4 members (excludes halogenated alkanes) is 11. The number of aliphatic hydroxyl groups excluding tert-OH is 1. The van der Waals surface area contributed by atoms with Crippen molar-refractivity contribution in [1.29, 1.82) is 0 Å². The van der Waals surface area contributed by atoms with E-state index in [1.807, 2.05) is 0 Å². The average Bonchev–Trinajstić information content (AvgIpc) is 2.56. The molecule has 0 aromatic heterocycles. The van der Waals surface area contributed by atoms with Crippen molar-refractivity contribution >= 4 is 5.91 Å². The van der Waals surface area contributed by atoms with Crippen LogP contribution < -0.4 is 5.32 Å².